The number of anilines is 2. The van der Waals surface area contributed by atoms with Crippen molar-refractivity contribution in [2.75, 3.05) is 32.0 Å². The summed E-state index contributed by atoms with van der Waals surface area (Å²) in [6.45, 7) is 7.17. The lowest BCUT2D eigenvalue weighted by molar-refractivity contribution is -0.120. The lowest BCUT2D eigenvalue weighted by atomic mass is 9.95. The molecule has 0 aliphatic heterocycles. The molecule has 1 heterocycles. The number of rotatable bonds is 9. The topological polar surface area (TPSA) is 128 Å². The van der Waals surface area contributed by atoms with Crippen molar-refractivity contribution < 1.29 is 23.8 Å². The minimum atomic E-state index is -0.702. The molecule has 2 amide bonds. The molecule has 0 saturated carbocycles. The zero-order valence-electron chi connectivity index (χ0n) is 24.3. The van der Waals surface area contributed by atoms with Gasteiger partial charge in [-0.2, -0.15) is 0 Å². The third kappa shape index (κ3) is 6.30. The number of amides is 2. The highest BCUT2D eigenvalue weighted by atomic mass is 32.1. The van der Waals surface area contributed by atoms with Crippen LogP contribution < -0.4 is 35.6 Å². The monoisotopic (exact) mass is 580 g/mol. The lowest BCUT2D eigenvalue weighted by Crippen LogP contribution is -2.39. The van der Waals surface area contributed by atoms with Crippen LogP contribution in [0.15, 0.2) is 35.3 Å². The number of thiazole rings is 1. The van der Waals surface area contributed by atoms with Gasteiger partial charge in [0.15, 0.2) is 16.6 Å². The van der Waals surface area contributed by atoms with Crippen LogP contribution in [0.2, 0.25) is 0 Å². The van der Waals surface area contributed by atoms with Crippen LogP contribution in [0.4, 0.5) is 10.8 Å². The van der Waals surface area contributed by atoms with E-state index in [1.165, 1.54) is 31.4 Å². The van der Waals surface area contributed by atoms with Crippen molar-refractivity contribution in [3.8, 4) is 28.4 Å². The SMILES string of the molecule is COc1cc2c(c(OC)c1OC)-c1ccc(N[C@H](C(=O)Nc3ncc(C)s3)C(C)C)c(=O)cc1[C@@H](NC(C)=O)CC2. The molecule has 0 radical (unpaired) electrons. The van der Waals surface area contributed by atoms with Crippen LogP contribution >= 0.6 is 11.3 Å². The van der Waals surface area contributed by atoms with Gasteiger partial charge in [0, 0.05) is 23.6 Å². The van der Waals surface area contributed by atoms with Crippen molar-refractivity contribution in [3.63, 3.8) is 0 Å². The van der Waals surface area contributed by atoms with E-state index >= 15 is 0 Å². The molecule has 3 N–H and O–H groups in total. The molecule has 2 atom stereocenters. The number of nitrogens with one attached hydrogen (secondary N) is 3. The quantitative estimate of drug-likeness (QED) is 0.332. The van der Waals surface area contributed by atoms with Crippen molar-refractivity contribution in [1.82, 2.24) is 10.3 Å². The molecule has 0 fully saturated rings. The second-order valence-electron chi connectivity index (χ2n) is 10.2. The largest absolute Gasteiger partial charge is 0.493 e. The molecular weight excluding hydrogens is 544 g/mol. The highest BCUT2D eigenvalue weighted by Gasteiger charge is 2.30. The van der Waals surface area contributed by atoms with E-state index in [0.717, 1.165) is 16.0 Å². The Morgan fingerprint density at radius 3 is 2.39 bits per heavy atom. The number of ether oxygens (including phenoxy) is 3. The molecule has 1 aliphatic rings. The molecule has 41 heavy (non-hydrogen) atoms. The average Bonchev–Trinajstić information content (AvgIpc) is 3.19. The van der Waals surface area contributed by atoms with Gasteiger partial charge in [0.05, 0.1) is 33.1 Å². The average molecular weight is 581 g/mol. The number of carbonyl (C=O) groups excluding carboxylic acids is 2. The summed E-state index contributed by atoms with van der Waals surface area (Å²) in [5.41, 5.74) is 2.99. The first-order valence-electron chi connectivity index (χ1n) is 13.3. The fraction of sp³-hybridized carbons (Fsp3) is 0.400. The predicted octanol–water partition coefficient (Wildman–Crippen LogP) is 4.70. The van der Waals surface area contributed by atoms with Gasteiger partial charge in [0.25, 0.3) is 0 Å². The number of benzene rings is 1. The standard InChI is InChI=1S/C30H36N4O6S/c1-15(2)26(29(37)34-30-31-14-16(3)41-30)33-22-11-9-19-20(13-23(22)36)21(32-17(4)35)10-8-18-12-24(38-5)27(39-6)28(40-7)25(18)19/h9,11-15,21,26H,8,10H2,1-7H3,(H,32,35)(H,33,36)(H,31,34,37)/t21-,26-/m0/s1. The smallest absolute Gasteiger partial charge is 0.248 e. The van der Waals surface area contributed by atoms with Crippen molar-refractivity contribution in [2.45, 2.75) is 52.6 Å². The summed E-state index contributed by atoms with van der Waals surface area (Å²) in [4.78, 5) is 44.3. The molecule has 1 aliphatic carbocycles. The number of hydrogen-bond acceptors (Lipinski definition) is 9. The van der Waals surface area contributed by atoms with Gasteiger partial charge < -0.3 is 30.2 Å². The molecule has 1 aromatic heterocycles. The molecule has 218 valence electrons. The number of nitrogens with zero attached hydrogens (tertiary/aromatic N) is 1. The molecule has 0 saturated heterocycles. The van der Waals surface area contributed by atoms with Gasteiger partial charge in [-0.05, 0) is 60.6 Å². The second-order valence-corrected chi connectivity index (χ2v) is 11.5. The van der Waals surface area contributed by atoms with E-state index in [1.807, 2.05) is 32.9 Å². The van der Waals surface area contributed by atoms with E-state index in [4.69, 9.17) is 14.2 Å². The zero-order valence-corrected chi connectivity index (χ0v) is 25.2. The highest BCUT2D eigenvalue weighted by Crippen LogP contribution is 2.50. The minimum Gasteiger partial charge on any atom is -0.493 e. The van der Waals surface area contributed by atoms with E-state index in [2.05, 4.69) is 20.9 Å². The Hall–Kier alpha value is -4.12. The summed E-state index contributed by atoms with van der Waals surface area (Å²) in [5.74, 6) is 0.790. The van der Waals surface area contributed by atoms with Crippen molar-refractivity contribution in [2.24, 2.45) is 5.92 Å². The van der Waals surface area contributed by atoms with Gasteiger partial charge in [-0.15, -0.1) is 11.3 Å². The first-order chi connectivity index (χ1) is 19.6. The maximum atomic E-state index is 13.7. The van der Waals surface area contributed by atoms with Gasteiger partial charge in [-0.3, -0.25) is 14.4 Å². The Balaban J connectivity index is 1.86. The number of aromatic nitrogens is 1. The van der Waals surface area contributed by atoms with Gasteiger partial charge in [-0.25, -0.2) is 4.98 Å². The number of aryl methyl sites for hydroxylation is 2. The summed E-state index contributed by atoms with van der Waals surface area (Å²) in [6.07, 6.45) is 2.84. The van der Waals surface area contributed by atoms with E-state index in [0.29, 0.717) is 46.3 Å². The van der Waals surface area contributed by atoms with Crippen LogP contribution in [0, 0.1) is 12.8 Å². The Morgan fingerprint density at radius 2 is 1.80 bits per heavy atom. The van der Waals surface area contributed by atoms with Crippen molar-refractivity contribution >= 4 is 34.0 Å². The molecule has 11 heteroatoms. The Bertz CT molecular complexity index is 1520. The molecule has 4 rings (SSSR count). The lowest BCUT2D eigenvalue weighted by Gasteiger charge is -2.21. The van der Waals surface area contributed by atoms with Crippen LogP contribution in [0.1, 0.15) is 49.2 Å². The maximum Gasteiger partial charge on any atom is 0.248 e. The summed E-state index contributed by atoms with van der Waals surface area (Å²) in [7, 11) is 4.66. The molecule has 0 bridgehead atoms. The molecule has 2 aromatic carbocycles. The highest BCUT2D eigenvalue weighted by molar-refractivity contribution is 7.15. The summed E-state index contributed by atoms with van der Waals surface area (Å²) >= 11 is 1.38. The van der Waals surface area contributed by atoms with Crippen LogP contribution in [-0.4, -0.2) is 44.2 Å². The van der Waals surface area contributed by atoms with E-state index in [-0.39, 0.29) is 28.8 Å². The number of carbonyl (C=O) groups is 2. The second kappa shape index (κ2) is 12.6. The summed E-state index contributed by atoms with van der Waals surface area (Å²) in [6, 6.07) is 5.80. The third-order valence-electron chi connectivity index (χ3n) is 7.03. The molecular formula is C30H36N4O6S. The Kier molecular flexibility index (Phi) is 9.17. The molecule has 0 unspecified atom stereocenters. The van der Waals surface area contributed by atoms with Crippen LogP contribution in [-0.2, 0) is 16.0 Å². The van der Waals surface area contributed by atoms with E-state index in [1.54, 1.807) is 26.5 Å². The normalized spacial score (nSPS) is 14.7. The van der Waals surface area contributed by atoms with E-state index < -0.39 is 12.1 Å². The van der Waals surface area contributed by atoms with Crippen molar-refractivity contribution in [1.29, 1.82) is 0 Å². The van der Waals surface area contributed by atoms with Gasteiger partial charge in [-0.1, -0.05) is 19.9 Å². The maximum absolute atomic E-state index is 13.7. The van der Waals surface area contributed by atoms with Crippen LogP contribution in [0.3, 0.4) is 0 Å². The summed E-state index contributed by atoms with van der Waals surface area (Å²) in [5, 5.41) is 9.52. The van der Waals surface area contributed by atoms with Crippen LogP contribution in [0.25, 0.3) is 11.1 Å². The van der Waals surface area contributed by atoms with Gasteiger partial charge >= 0.3 is 0 Å². The number of methoxy groups -OCH3 is 3. The summed E-state index contributed by atoms with van der Waals surface area (Å²) < 4.78 is 17.1. The number of hydrogen-bond donors (Lipinski definition) is 3. The predicted molar refractivity (Wildman–Crippen MR) is 160 cm³/mol. The molecule has 0 spiro atoms. The first-order valence-corrected chi connectivity index (χ1v) is 14.2. The molecule has 10 nitrogen and oxygen atoms in total. The van der Waals surface area contributed by atoms with Crippen molar-refractivity contribution in [3.05, 3.63) is 56.7 Å². The first kappa shape index (κ1) is 29.9. The van der Waals surface area contributed by atoms with Crippen LogP contribution in [0.5, 0.6) is 17.2 Å². The van der Waals surface area contributed by atoms with Gasteiger partial charge in [0.1, 0.15) is 6.04 Å². The van der Waals surface area contributed by atoms with Gasteiger partial charge in [0.2, 0.25) is 23.0 Å². The fourth-order valence-corrected chi connectivity index (χ4v) is 5.79. The Morgan fingerprint density at radius 1 is 1.07 bits per heavy atom. The molecule has 3 aromatic rings. The minimum absolute atomic E-state index is 0.136. The third-order valence-corrected chi connectivity index (χ3v) is 7.86. The Labute approximate surface area is 243 Å². The van der Waals surface area contributed by atoms with E-state index in [9.17, 15) is 14.4 Å². The number of fused-ring (bicyclic) bond motifs is 3. The zero-order chi connectivity index (χ0) is 29.8. The fourth-order valence-electron chi connectivity index (χ4n) is 5.13.